The molecule has 0 aromatic carbocycles. The zero-order valence-corrected chi connectivity index (χ0v) is 17.4. The van der Waals surface area contributed by atoms with E-state index in [0.717, 1.165) is 18.8 Å². The molecule has 0 spiro atoms. The van der Waals surface area contributed by atoms with Crippen molar-refractivity contribution in [3.05, 3.63) is 0 Å². The average Bonchev–Trinajstić information content (AvgIpc) is 2.83. The minimum atomic E-state index is -0.227. The summed E-state index contributed by atoms with van der Waals surface area (Å²) in [5.74, 6) is 1.33. The first-order valence-electron chi connectivity index (χ1n) is 10.6. The maximum Gasteiger partial charge on any atom is 0.199 e. The van der Waals surface area contributed by atoms with Gasteiger partial charge in [0.1, 0.15) is 0 Å². The van der Waals surface area contributed by atoms with Crippen LogP contribution in [0.1, 0.15) is 103 Å². The Kier molecular flexibility index (Phi) is 10.6. The molecule has 0 aromatic heterocycles. The van der Waals surface area contributed by atoms with Crippen molar-refractivity contribution >= 4 is 34.6 Å². The van der Waals surface area contributed by atoms with Crippen LogP contribution in [-0.2, 0) is 9.59 Å². The summed E-state index contributed by atoms with van der Waals surface area (Å²) >= 11 is 5.37. The quantitative estimate of drug-likeness (QED) is 0.398. The van der Waals surface area contributed by atoms with Gasteiger partial charge in [0, 0.05) is 6.42 Å². The fourth-order valence-corrected chi connectivity index (χ4v) is 5.76. The molecule has 0 bridgehead atoms. The Bertz CT molecular complexity index is 395. The minimum absolute atomic E-state index is 0.102. The highest BCUT2D eigenvalue weighted by molar-refractivity contribution is 8.16. The van der Waals surface area contributed by atoms with Gasteiger partial charge in [-0.3, -0.25) is 9.59 Å². The van der Waals surface area contributed by atoms with E-state index in [2.05, 4.69) is 12.6 Å². The van der Waals surface area contributed by atoms with Crippen LogP contribution in [0.15, 0.2) is 0 Å². The Morgan fingerprint density at radius 3 is 1.80 bits per heavy atom. The van der Waals surface area contributed by atoms with Crippen molar-refractivity contribution in [1.82, 2.24) is 0 Å². The van der Waals surface area contributed by atoms with Crippen molar-refractivity contribution < 1.29 is 9.59 Å². The zero-order valence-electron chi connectivity index (χ0n) is 15.7. The highest BCUT2D eigenvalue weighted by atomic mass is 32.2. The molecule has 0 heterocycles. The molecule has 1 atom stereocenters. The van der Waals surface area contributed by atoms with Gasteiger partial charge in [0.05, 0.1) is 5.25 Å². The van der Waals surface area contributed by atoms with E-state index in [1.54, 1.807) is 0 Å². The van der Waals surface area contributed by atoms with Gasteiger partial charge in [0.25, 0.3) is 0 Å². The summed E-state index contributed by atoms with van der Waals surface area (Å²) in [6.07, 6.45) is 19.4. The Balaban J connectivity index is 1.74. The van der Waals surface area contributed by atoms with Crippen LogP contribution >= 0.6 is 24.4 Å². The van der Waals surface area contributed by atoms with Crippen LogP contribution < -0.4 is 0 Å². The van der Waals surface area contributed by atoms with Crippen LogP contribution in [0, 0.1) is 11.8 Å². The molecule has 2 rings (SSSR count). The third-order valence-corrected chi connectivity index (χ3v) is 7.70. The number of carbonyl (C=O) groups is 2. The fourth-order valence-electron chi connectivity index (χ4n) is 4.47. The van der Waals surface area contributed by atoms with Crippen molar-refractivity contribution in [2.75, 3.05) is 0 Å². The predicted octanol–water partition coefficient (Wildman–Crippen LogP) is 6.57. The molecule has 0 radical (unpaired) electrons. The molecular weight excluding hydrogens is 348 g/mol. The first kappa shape index (κ1) is 21.3. The molecule has 2 fully saturated rings. The minimum Gasteiger partial charge on any atom is -0.287 e. The van der Waals surface area contributed by atoms with Crippen LogP contribution in [0.25, 0.3) is 0 Å². The van der Waals surface area contributed by atoms with Crippen molar-refractivity contribution in [2.45, 2.75) is 108 Å². The number of rotatable bonds is 7. The lowest BCUT2D eigenvalue weighted by molar-refractivity contribution is -0.113. The van der Waals surface area contributed by atoms with Gasteiger partial charge >= 0.3 is 0 Å². The predicted molar refractivity (Wildman–Crippen MR) is 111 cm³/mol. The first-order valence-corrected chi connectivity index (χ1v) is 11.9. The summed E-state index contributed by atoms with van der Waals surface area (Å²) in [7, 11) is 0. The number of carbonyl (C=O) groups excluding carboxylic acids is 2. The highest BCUT2D eigenvalue weighted by Gasteiger charge is 2.25. The van der Waals surface area contributed by atoms with E-state index in [0.29, 0.717) is 12.3 Å². The molecule has 0 aliphatic heterocycles. The molecule has 0 N–H and O–H groups in total. The standard InChI is InChI=1S/C21H36O2S2/c22-20(15-14-17-10-6-4-5-7-11-17)25-19(21(23)24)16-18-12-8-2-1-3-9-13-18/h17-19H,1-16H2,(H,23,24). The molecule has 25 heavy (non-hydrogen) atoms. The van der Waals surface area contributed by atoms with Gasteiger partial charge in [-0.2, -0.15) is 0 Å². The van der Waals surface area contributed by atoms with Gasteiger partial charge in [-0.25, -0.2) is 0 Å². The van der Waals surface area contributed by atoms with Gasteiger partial charge in [0.2, 0.25) is 0 Å². The van der Waals surface area contributed by atoms with Crippen molar-refractivity contribution in [3.8, 4) is 0 Å². The van der Waals surface area contributed by atoms with Gasteiger partial charge in [-0.15, -0.1) is 12.6 Å². The number of hydrogen-bond donors (Lipinski definition) is 1. The van der Waals surface area contributed by atoms with E-state index in [1.165, 1.54) is 95.2 Å². The first-order chi connectivity index (χ1) is 12.1. The van der Waals surface area contributed by atoms with E-state index in [4.69, 9.17) is 0 Å². The maximum atomic E-state index is 12.4. The molecular formula is C21H36O2S2. The monoisotopic (exact) mass is 384 g/mol. The lowest BCUT2D eigenvalue weighted by Crippen LogP contribution is -2.20. The Morgan fingerprint density at radius 2 is 1.28 bits per heavy atom. The van der Waals surface area contributed by atoms with E-state index in [-0.39, 0.29) is 15.5 Å². The van der Waals surface area contributed by atoms with Crippen LogP contribution in [0.4, 0.5) is 0 Å². The van der Waals surface area contributed by atoms with E-state index in [1.807, 2.05) is 0 Å². The second kappa shape index (κ2) is 12.4. The SMILES string of the molecule is O=C(CCC1CCCCCC1)SC(CC1CCCCCCC1)C(=O)S. The van der Waals surface area contributed by atoms with Gasteiger partial charge < -0.3 is 0 Å². The highest BCUT2D eigenvalue weighted by Crippen LogP contribution is 2.32. The molecule has 2 aliphatic carbocycles. The Hall–Kier alpha value is 0.0400. The average molecular weight is 385 g/mol. The van der Waals surface area contributed by atoms with Crippen LogP contribution in [0.2, 0.25) is 0 Å². The summed E-state index contributed by atoms with van der Waals surface area (Å²) in [6.45, 7) is 0. The second-order valence-corrected chi connectivity index (χ2v) is 9.86. The molecule has 2 aliphatic rings. The van der Waals surface area contributed by atoms with Crippen molar-refractivity contribution in [2.24, 2.45) is 11.8 Å². The van der Waals surface area contributed by atoms with E-state index in [9.17, 15) is 9.59 Å². The second-order valence-electron chi connectivity index (χ2n) is 8.16. The van der Waals surface area contributed by atoms with Crippen molar-refractivity contribution in [3.63, 3.8) is 0 Å². The van der Waals surface area contributed by atoms with Gasteiger partial charge in [-0.1, -0.05) is 95.2 Å². The normalized spacial score (nSPS) is 22.6. The number of thioether (sulfide) groups is 1. The number of thiol groups is 1. The Morgan fingerprint density at radius 1 is 0.800 bits per heavy atom. The van der Waals surface area contributed by atoms with Crippen LogP contribution in [0.5, 0.6) is 0 Å². The summed E-state index contributed by atoms with van der Waals surface area (Å²) in [5.41, 5.74) is 0. The molecule has 4 heteroatoms. The lowest BCUT2D eigenvalue weighted by atomic mass is 9.88. The zero-order chi connectivity index (χ0) is 17.9. The van der Waals surface area contributed by atoms with Gasteiger partial charge in [-0.05, 0) is 24.7 Å². The van der Waals surface area contributed by atoms with E-state index >= 15 is 0 Å². The molecule has 0 saturated heterocycles. The number of hydrogen-bond acceptors (Lipinski definition) is 3. The molecule has 2 nitrogen and oxygen atoms in total. The summed E-state index contributed by atoms with van der Waals surface area (Å²) < 4.78 is 0. The molecule has 1 unspecified atom stereocenters. The molecule has 144 valence electrons. The molecule has 0 amide bonds. The molecule has 2 saturated carbocycles. The van der Waals surface area contributed by atoms with Gasteiger partial charge in [0.15, 0.2) is 10.2 Å². The topological polar surface area (TPSA) is 34.1 Å². The molecule has 0 aromatic rings. The van der Waals surface area contributed by atoms with Crippen LogP contribution in [0.3, 0.4) is 0 Å². The van der Waals surface area contributed by atoms with Crippen LogP contribution in [-0.4, -0.2) is 15.5 Å². The summed E-state index contributed by atoms with van der Waals surface area (Å²) in [6, 6.07) is 0. The fraction of sp³-hybridized carbons (Fsp3) is 0.905. The third kappa shape index (κ3) is 8.99. The van der Waals surface area contributed by atoms with Crippen molar-refractivity contribution in [1.29, 1.82) is 0 Å². The summed E-state index contributed by atoms with van der Waals surface area (Å²) in [5, 5.41) is -0.119. The Labute approximate surface area is 164 Å². The summed E-state index contributed by atoms with van der Waals surface area (Å²) in [4.78, 5) is 24.4. The maximum absolute atomic E-state index is 12.4. The lowest BCUT2D eigenvalue weighted by Gasteiger charge is -2.23. The largest absolute Gasteiger partial charge is 0.287 e. The smallest absolute Gasteiger partial charge is 0.199 e. The third-order valence-electron chi connectivity index (χ3n) is 6.05. The van der Waals surface area contributed by atoms with E-state index < -0.39 is 0 Å².